The molecule has 1 heterocycles. The molecule has 0 radical (unpaired) electrons. The lowest BCUT2D eigenvalue weighted by Gasteiger charge is -2.19. The molecule has 0 N–H and O–H groups in total. The SMILES string of the molecule is CC1(CCl)CC(Sc2cccc3c2CCCC3)=NO1. The highest BCUT2D eigenvalue weighted by atomic mass is 35.5. The Morgan fingerprint density at radius 1 is 1.37 bits per heavy atom. The van der Waals surface area contributed by atoms with Crippen molar-refractivity contribution in [3.05, 3.63) is 29.3 Å². The molecule has 4 heteroatoms. The predicted octanol–water partition coefficient (Wildman–Crippen LogP) is 4.39. The highest BCUT2D eigenvalue weighted by molar-refractivity contribution is 8.14. The van der Waals surface area contributed by atoms with E-state index < -0.39 is 0 Å². The number of halogens is 1. The Morgan fingerprint density at radius 3 is 3.00 bits per heavy atom. The molecule has 0 spiro atoms. The Labute approximate surface area is 123 Å². The fraction of sp³-hybridized carbons (Fsp3) is 0.533. The molecule has 0 aromatic heterocycles. The maximum Gasteiger partial charge on any atom is 0.154 e. The molecule has 1 aliphatic heterocycles. The lowest BCUT2D eigenvalue weighted by Crippen LogP contribution is -2.26. The highest BCUT2D eigenvalue weighted by Crippen LogP contribution is 2.36. The number of nitrogens with zero attached hydrogens (tertiary/aromatic N) is 1. The van der Waals surface area contributed by atoms with Crippen LogP contribution in [0.1, 0.15) is 37.3 Å². The van der Waals surface area contributed by atoms with Crippen molar-refractivity contribution in [1.29, 1.82) is 0 Å². The summed E-state index contributed by atoms with van der Waals surface area (Å²) in [6.45, 7) is 2.01. The summed E-state index contributed by atoms with van der Waals surface area (Å²) in [5.41, 5.74) is 2.70. The molecule has 1 aliphatic carbocycles. The molecule has 1 atom stereocenters. The second-order valence-electron chi connectivity index (χ2n) is 5.54. The summed E-state index contributed by atoms with van der Waals surface area (Å²) in [5, 5.41) is 5.24. The van der Waals surface area contributed by atoms with Crippen LogP contribution in [0, 0.1) is 0 Å². The second-order valence-corrected chi connectivity index (χ2v) is 6.92. The van der Waals surface area contributed by atoms with Gasteiger partial charge in [-0.25, -0.2) is 0 Å². The van der Waals surface area contributed by atoms with E-state index in [2.05, 4.69) is 23.4 Å². The number of fused-ring (bicyclic) bond motifs is 1. The normalized spacial score (nSPS) is 25.7. The first-order chi connectivity index (χ1) is 9.20. The first kappa shape index (κ1) is 13.3. The molecule has 1 aromatic carbocycles. The topological polar surface area (TPSA) is 21.6 Å². The summed E-state index contributed by atoms with van der Waals surface area (Å²) < 4.78 is 0. The highest BCUT2D eigenvalue weighted by Gasteiger charge is 2.34. The van der Waals surface area contributed by atoms with Gasteiger partial charge in [0, 0.05) is 11.3 Å². The zero-order chi connectivity index (χ0) is 13.3. The van der Waals surface area contributed by atoms with Gasteiger partial charge in [-0.3, -0.25) is 0 Å². The molecule has 102 valence electrons. The zero-order valence-electron chi connectivity index (χ0n) is 11.1. The molecule has 0 bridgehead atoms. The van der Waals surface area contributed by atoms with Crippen molar-refractivity contribution in [2.24, 2.45) is 5.16 Å². The molecule has 2 nitrogen and oxygen atoms in total. The average Bonchev–Trinajstić information content (AvgIpc) is 2.82. The largest absolute Gasteiger partial charge is 0.387 e. The summed E-state index contributed by atoms with van der Waals surface area (Å²) in [6, 6.07) is 6.62. The van der Waals surface area contributed by atoms with Crippen molar-refractivity contribution in [3.8, 4) is 0 Å². The minimum Gasteiger partial charge on any atom is -0.387 e. The quantitative estimate of drug-likeness (QED) is 0.755. The first-order valence-electron chi connectivity index (χ1n) is 6.80. The molecule has 0 fully saturated rings. The van der Waals surface area contributed by atoms with Crippen LogP contribution in [-0.2, 0) is 17.7 Å². The Morgan fingerprint density at radius 2 is 2.21 bits per heavy atom. The molecule has 0 saturated carbocycles. The molecular formula is C15H18ClNOS. The Kier molecular flexibility index (Phi) is 3.77. The van der Waals surface area contributed by atoms with Crippen molar-refractivity contribution in [1.82, 2.24) is 0 Å². The van der Waals surface area contributed by atoms with Crippen molar-refractivity contribution >= 4 is 28.4 Å². The predicted molar refractivity (Wildman–Crippen MR) is 81.2 cm³/mol. The molecule has 2 aliphatic rings. The zero-order valence-corrected chi connectivity index (χ0v) is 12.7. The minimum absolute atomic E-state index is 0.321. The van der Waals surface area contributed by atoms with Gasteiger partial charge < -0.3 is 4.84 Å². The lowest BCUT2D eigenvalue weighted by molar-refractivity contribution is 0.0152. The van der Waals surface area contributed by atoms with Gasteiger partial charge in [-0.05, 0) is 49.8 Å². The van der Waals surface area contributed by atoms with Gasteiger partial charge in [-0.1, -0.05) is 29.1 Å². The number of rotatable bonds is 2. The van der Waals surface area contributed by atoms with Gasteiger partial charge in [-0.2, -0.15) is 0 Å². The van der Waals surface area contributed by atoms with Gasteiger partial charge in [-0.15, -0.1) is 11.6 Å². The summed E-state index contributed by atoms with van der Waals surface area (Å²) in [6.07, 6.45) is 5.83. The second kappa shape index (κ2) is 5.37. The minimum atomic E-state index is -0.321. The van der Waals surface area contributed by atoms with Gasteiger partial charge in [0.05, 0.1) is 5.88 Å². The Hall–Kier alpha value is -0.670. The van der Waals surface area contributed by atoms with Crippen LogP contribution >= 0.6 is 23.4 Å². The van der Waals surface area contributed by atoms with E-state index in [0.29, 0.717) is 5.88 Å². The van der Waals surface area contributed by atoms with Crippen LogP contribution in [0.25, 0.3) is 0 Å². The Balaban J connectivity index is 1.78. The maximum absolute atomic E-state index is 5.93. The van der Waals surface area contributed by atoms with E-state index in [0.717, 1.165) is 11.5 Å². The number of aryl methyl sites for hydroxylation is 1. The van der Waals surface area contributed by atoms with Gasteiger partial charge in [0.2, 0.25) is 0 Å². The van der Waals surface area contributed by atoms with Crippen molar-refractivity contribution in [2.45, 2.75) is 49.5 Å². The number of oxime groups is 1. The molecule has 0 saturated heterocycles. The van der Waals surface area contributed by atoms with Gasteiger partial charge in [0.25, 0.3) is 0 Å². The standard InChI is InChI=1S/C15H18ClNOS/c1-15(10-16)9-14(17-18-15)19-13-8-4-6-11-5-2-3-7-12(11)13/h4,6,8H,2-3,5,7,9-10H2,1H3. The third kappa shape index (κ3) is 2.77. The maximum atomic E-state index is 5.93. The summed E-state index contributed by atoms with van der Waals surface area (Å²) in [7, 11) is 0. The molecule has 1 aromatic rings. The van der Waals surface area contributed by atoms with Crippen LogP contribution < -0.4 is 0 Å². The molecule has 0 amide bonds. The van der Waals surface area contributed by atoms with E-state index in [4.69, 9.17) is 16.4 Å². The van der Waals surface area contributed by atoms with Crippen molar-refractivity contribution in [3.63, 3.8) is 0 Å². The monoisotopic (exact) mass is 295 g/mol. The first-order valence-corrected chi connectivity index (χ1v) is 8.15. The number of hydrogen-bond acceptors (Lipinski definition) is 3. The van der Waals surface area contributed by atoms with E-state index in [-0.39, 0.29) is 5.60 Å². The average molecular weight is 296 g/mol. The molecular weight excluding hydrogens is 278 g/mol. The molecule has 3 rings (SSSR count). The fourth-order valence-electron chi connectivity index (χ4n) is 2.64. The summed E-state index contributed by atoms with van der Waals surface area (Å²) >= 11 is 7.67. The van der Waals surface area contributed by atoms with Crippen LogP contribution in [0.15, 0.2) is 28.3 Å². The number of benzene rings is 1. The third-order valence-corrected chi connectivity index (χ3v) is 5.38. The van der Waals surface area contributed by atoms with Crippen LogP contribution in [-0.4, -0.2) is 16.5 Å². The summed E-state index contributed by atoms with van der Waals surface area (Å²) in [4.78, 5) is 6.80. The Bertz CT molecular complexity index is 517. The van der Waals surface area contributed by atoms with E-state index in [9.17, 15) is 0 Å². The van der Waals surface area contributed by atoms with Crippen LogP contribution in [0.3, 0.4) is 0 Å². The van der Waals surface area contributed by atoms with Gasteiger partial charge in [0.15, 0.2) is 5.60 Å². The lowest BCUT2D eigenvalue weighted by atomic mass is 9.92. The number of alkyl halides is 1. The van der Waals surface area contributed by atoms with Crippen LogP contribution in [0.5, 0.6) is 0 Å². The number of thioether (sulfide) groups is 1. The number of hydrogen-bond donors (Lipinski definition) is 0. The van der Waals surface area contributed by atoms with E-state index in [1.807, 2.05) is 6.92 Å². The van der Waals surface area contributed by atoms with E-state index in [1.165, 1.54) is 41.7 Å². The molecule has 1 unspecified atom stereocenters. The summed E-state index contributed by atoms with van der Waals surface area (Å²) in [5.74, 6) is 0.480. The third-order valence-electron chi connectivity index (χ3n) is 3.76. The van der Waals surface area contributed by atoms with E-state index >= 15 is 0 Å². The van der Waals surface area contributed by atoms with Gasteiger partial charge >= 0.3 is 0 Å². The molecule has 19 heavy (non-hydrogen) atoms. The van der Waals surface area contributed by atoms with Crippen molar-refractivity contribution in [2.75, 3.05) is 5.88 Å². The smallest absolute Gasteiger partial charge is 0.154 e. The van der Waals surface area contributed by atoms with Gasteiger partial charge in [0.1, 0.15) is 5.04 Å². The van der Waals surface area contributed by atoms with E-state index in [1.54, 1.807) is 11.8 Å². The van der Waals surface area contributed by atoms with Crippen molar-refractivity contribution < 1.29 is 4.84 Å². The van der Waals surface area contributed by atoms with Crippen LogP contribution in [0.4, 0.5) is 0 Å². The fourth-order valence-corrected chi connectivity index (χ4v) is 3.99. The van der Waals surface area contributed by atoms with Crippen LogP contribution in [0.2, 0.25) is 0 Å².